The molecule has 0 aromatic rings. The van der Waals surface area contributed by atoms with Crippen LogP contribution < -0.4 is 10.6 Å². The molecule has 2 N–H and O–H groups in total. The van der Waals surface area contributed by atoms with Crippen molar-refractivity contribution in [2.24, 2.45) is 0 Å². The highest BCUT2D eigenvalue weighted by molar-refractivity contribution is 6.35. The first-order valence-corrected chi connectivity index (χ1v) is 8.02. The third kappa shape index (κ3) is 4.99. The van der Waals surface area contributed by atoms with Gasteiger partial charge in [-0.3, -0.25) is 9.59 Å². The highest BCUT2D eigenvalue weighted by Gasteiger charge is 2.20. The molecule has 0 spiro atoms. The summed E-state index contributed by atoms with van der Waals surface area (Å²) in [5.74, 6) is -0.943. The van der Waals surface area contributed by atoms with Gasteiger partial charge in [-0.05, 0) is 44.9 Å². The zero-order valence-electron chi connectivity index (χ0n) is 12.2. The smallest absolute Gasteiger partial charge is 0.309 e. The Bertz CT molecular complexity index is 371. The van der Waals surface area contributed by atoms with E-state index in [1.54, 1.807) is 0 Å². The maximum atomic E-state index is 11.8. The third-order valence-corrected chi connectivity index (χ3v) is 4.26. The van der Waals surface area contributed by atoms with Crippen molar-refractivity contribution < 1.29 is 9.59 Å². The molecule has 0 saturated heterocycles. The Balaban J connectivity index is 1.63. The van der Waals surface area contributed by atoms with Gasteiger partial charge in [0.05, 0.1) is 0 Å². The van der Waals surface area contributed by atoms with Crippen LogP contribution in [0.2, 0.25) is 0 Å². The Kier molecular flexibility index (Phi) is 6.09. The van der Waals surface area contributed by atoms with Crippen molar-refractivity contribution in [1.29, 1.82) is 0 Å². The van der Waals surface area contributed by atoms with Crippen LogP contribution >= 0.6 is 0 Å². The Hall–Kier alpha value is -1.32. The zero-order chi connectivity index (χ0) is 14.2. The van der Waals surface area contributed by atoms with E-state index in [0.717, 1.165) is 44.9 Å². The summed E-state index contributed by atoms with van der Waals surface area (Å²) in [6, 6.07) is 0.197. The van der Waals surface area contributed by atoms with Gasteiger partial charge in [0.1, 0.15) is 0 Å². The fourth-order valence-corrected chi connectivity index (χ4v) is 3.05. The molecule has 0 aromatic heterocycles. The van der Waals surface area contributed by atoms with Gasteiger partial charge in [0.25, 0.3) is 0 Å². The van der Waals surface area contributed by atoms with Crippen LogP contribution in [0.4, 0.5) is 0 Å². The minimum Gasteiger partial charge on any atom is -0.348 e. The maximum absolute atomic E-state index is 11.8. The molecule has 0 aliphatic heterocycles. The lowest BCUT2D eigenvalue weighted by Crippen LogP contribution is -2.45. The first kappa shape index (κ1) is 15.1. The number of allylic oxidation sites excluding steroid dienone is 1. The molecule has 0 aromatic carbocycles. The van der Waals surface area contributed by atoms with Crippen LogP contribution in [0.3, 0.4) is 0 Å². The molecule has 0 radical (unpaired) electrons. The number of carbonyl (C=O) groups is 2. The molecule has 4 heteroatoms. The SMILES string of the molecule is O=C(NCCC1=CCCCC1)C(=O)NC1CCCCC1. The van der Waals surface area contributed by atoms with E-state index in [2.05, 4.69) is 16.7 Å². The molecule has 2 amide bonds. The molecule has 0 atom stereocenters. The minimum atomic E-state index is -0.480. The van der Waals surface area contributed by atoms with Gasteiger partial charge in [-0.25, -0.2) is 0 Å². The van der Waals surface area contributed by atoms with E-state index in [4.69, 9.17) is 0 Å². The molecule has 2 rings (SSSR count). The number of carbonyl (C=O) groups excluding carboxylic acids is 2. The Morgan fingerprint density at radius 2 is 1.85 bits per heavy atom. The van der Waals surface area contributed by atoms with Gasteiger partial charge in [0.2, 0.25) is 0 Å². The van der Waals surface area contributed by atoms with Crippen molar-refractivity contribution in [3.63, 3.8) is 0 Å². The molecule has 0 heterocycles. The van der Waals surface area contributed by atoms with E-state index in [0.29, 0.717) is 6.54 Å². The van der Waals surface area contributed by atoms with E-state index >= 15 is 0 Å². The molecular formula is C16H26N2O2. The first-order chi connectivity index (χ1) is 9.75. The summed E-state index contributed by atoms with van der Waals surface area (Å²) in [4.78, 5) is 23.5. The number of hydrogen-bond donors (Lipinski definition) is 2. The number of amides is 2. The Morgan fingerprint density at radius 1 is 1.05 bits per heavy atom. The average molecular weight is 278 g/mol. The van der Waals surface area contributed by atoms with Gasteiger partial charge in [0, 0.05) is 12.6 Å². The van der Waals surface area contributed by atoms with Crippen molar-refractivity contribution in [3.05, 3.63) is 11.6 Å². The summed E-state index contributed by atoms with van der Waals surface area (Å²) in [6.45, 7) is 0.572. The molecule has 20 heavy (non-hydrogen) atoms. The molecule has 1 fully saturated rings. The van der Waals surface area contributed by atoms with Gasteiger partial charge in [-0.2, -0.15) is 0 Å². The number of rotatable bonds is 4. The van der Waals surface area contributed by atoms with Crippen molar-refractivity contribution >= 4 is 11.8 Å². The summed E-state index contributed by atoms with van der Waals surface area (Å²) in [7, 11) is 0. The fraction of sp³-hybridized carbons (Fsp3) is 0.750. The summed E-state index contributed by atoms with van der Waals surface area (Å²) in [5.41, 5.74) is 1.42. The second kappa shape index (κ2) is 8.08. The van der Waals surface area contributed by atoms with Crippen LogP contribution in [0.25, 0.3) is 0 Å². The third-order valence-electron chi connectivity index (χ3n) is 4.26. The van der Waals surface area contributed by atoms with Crippen LogP contribution in [0.15, 0.2) is 11.6 Å². The quantitative estimate of drug-likeness (QED) is 0.613. The van der Waals surface area contributed by atoms with E-state index in [9.17, 15) is 9.59 Å². The van der Waals surface area contributed by atoms with Crippen LogP contribution in [-0.4, -0.2) is 24.4 Å². The highest BCUT2D eigenvalue weighted by atomic mass is 16.2. The van der Waals surface area contributed by atoms with E-state index in [1.807, 2.05) is 0 Å². The molecule has 2 aliphatic carbocycles. The monoisotopic (exact) mass is 278 g/mol. The summed E-state index contributed by atoms with van der Waals surface area (Å²) < 4.78 is 0. The van der Waals surface area contributed by atoms with Crippen LogP contribution in [-0.2, 0) is 9.59 Å². The van der Waals surface area contributed by atoms with Gasteiger partial charge in [0.15, 0.2) is 0 Å². The Morgan fingerprint density at radius 3 is 2.55 bits per heavy atom. The van der Waals surface area contributed by atoms with Crippen molar-refractivity contribution in [3.8, 4) is 0 Å². The largest absolute Gasteiger partial charge is 0.348 e. The van der Waals surface area contributed by atoms with Gasteiger partial charge in [-0.1, -0.05) is 30.9 Å². The van der Waals surface area contributed by atoms with Gasteiger partial charge >= 0.3 is 11.8 Å². The lowest BCUT2D eigenvalue weighted by atomic mass is 9.95. The molecule has 0 unspecified atom stereocenters. The van der Waals surface area contributed by atoms with Crippen LogP contribution in [0.5, 0.6) is 0 Å². The van der Waals surface area contributed by atoms with Crippen molar-refractivity contribution in [2.45, 2.75) is 70.3 Å². The van der Waals surface area contributed by atoms with Gasteiger partial charge < -0.3 is 10.6 Å². The molecular weight excluding hydrogens is 252 g/mol. The summed E-state index contributed by atoms with van der Waals surface area (Å²) >= 11 is 0. The molecule has 112 valence electrons. The normalized spacial score (nSPS) is 20.1. The van der Waals surface area contributed by atoms with Crippen molar-refractivity contribution in [2.75, 3.05) is 6.54 Å². The summed E-state index contributed by atoms with van der Waals surface area (Å²) in [6.07, 6.45) is 13.5. The van der Waals surface area contributed by atoms with Gasteiger partial charge in [-0.15, -0.1) is 0 Å². The number of nitrogens with one attached hydrogen (secondary N) is 2. The first-order valence-electron chi connectivity index (χ1n) is 8.02. The minimum absolute atomic E-state index is 0.197. The number of hydrogen-bond acceptors (Lipinski definition) is 2. The average Bonchev–Trinajstić information content (AvgIpc) is 2.49. The second-order valence-corrected chi connectivity index (χ2v) is 5.92. The standard InChI is InChI=1S/C16H26N2O2/c19-15(16(20)18-14-9-5-2-6-10-14)17-12-11-13-7-3-1-4-8-13/h7,14H,1-6,8-12H2,(H,17,19)(H,18,20). The van der Waals surface area contributed by atoms with Crippen molar-refractivity contribution in [1.82, 2.24) is 10.6 Å². The highest BCUT2D eigenvalue weighted by Crippen LogP contribution is 2.19. The topological polar surface area (TPSA) is 58.2 Å². The molecule has 4 nitrogen and oxygen atoms in total. The van der Waals surface area contributed by atoms with Crippen LogP contribution in [0.1, 0.15) is 64.2 Å². The maximum Gasteiger partial charge on any atom is 0.309 e. The van der Waals surface area contributed by atoms with E-state index in [1.165, 1.54) is 24.8 Å². The van der Waals surface area contributed by atoms with E-state index < -0.39 is 11.8 Å². The van der Waals surface area contributed by atoms with Crippen LogP contribution in [0, 0.1) is 0 Å². The lowest BCUT2D eigenvalue weighted by molar-refractivity contribution is -0.139. The zero-order valence-corrected chi connectivity index (χ0v) is 12.2. The molecule has 0 bridgehead atoms. The van der Waals surface area contributed by atoms with E-state index in [-0.39, 0.29) is 6.04 Å². The predicted octanol–water partition coefficient (Wildman–Crippen LogP) is 2.44. The molecule has 1 saturated carbocycles. The molecule has 2 aliphatic rings. The lowest BCUT2D eigenvalue weighted by Gasteiger charge is -2.22. The Labute approximate surface area is 121 Å². The fourth-order valence-electron chi connectivity index (χ4n) is 3.05. The summed E-state index contributed by atoms with van der Waals surface area (Å²) in [5, 5.41) is 5.57. The second-order valence-electron chi connectivity index (χ2n) is 5.92. The predicted molar refractivity (Wildman–Crippen MR) is 79.2 cm³/mol.